The molecule has 1 unspecified atom stereocenters. The minimum Gasteiger partial charge on any atom is -0.347 e. The molecule has 0 spiro atoms. The maximum absolute atomic E-state index is 13.1. The first-order valence-corrected chi connectivity index (χ1v) is 12.5. The van der Waals surface area contributed by atoms with E-state index in [2.05, 4.69) is 27.3 Å². The van der Waals surface area contributed by atoms with Gasteiger partial charge < -0.3 is 5.32 Å². The minimum absolute atomic E-state index is 0.0349. The fourth-order valence-corrected chi connectivity index (χ4v) is 5.00. The molecule has 1 aliphatic rings. The first kappa shape index (κ1) is 25.3. The van der Waals surface area contributed by atoms with E-state index in [4.69, 9.17) is 11.6 Å². The van der Waals surface area contributed by atoms with Crippen LogP contribution in [0.4, 0.5) is 13.2 Å². The van der Waals surface area contributed by atoms with Gasteiger partial charge in [0, 0.05) is 31.9 Å². The van der Waals surface area contributed by atoms with Crippen molar-refractivity contribution >= 4 is 23.2 Å². The molecule has 2 aromatic carbocycles. The Hall–Kier alpha value is -3.36. The molecule has 0 saturated heterocycles. The molecule has 2 aromatic heterocycles. The number of rotatable bonds is 6. The van der Waals surface area contributed by atoms with Gasteiger partial charge in [0.2, 0.25) is 0 Å². The highest BCUT2D eigenvalue weighted by atomic mass is 35.5. The van der Waals surface area contributed by atoms with E-state index in [0.29, 0.717) is 48.1 Å². The van der Waals surface area contributed by atoms with Crippen LogP contribution in [-0.2, 0) is 32.2 Å². The van der Waals surface area contributed by atoms with Gasteiger partial charge in [-0.05, 0) is 59.9 Å². The van der Waals surface area contributed by atoms with Gasteiger partial charge in [-0.2, -0.15) is 13.2 Å². The minimum atomic E-state index is -4.34. The summed E-state index contributed by atoms with van der Waals surface area (Å²) in [6.07, 6.45) is -2.03. The van der Waals surface area contributed by atoms with Crippen LogP contribution in [0.3, 0.4) is 0 Å². The first-order valence-electron chi connectivity index (χ1n) is 12.1. The molecule has 5 rings (SSSR count). The predicted octanol–water partition coefficient (Wildman–Crippen LogP) is 6.58. The predicted molar refractivity (Wildman–Crippen MR) is 136 cm³/mol. The topological polar surface area (TPSA) is 49.6 Å². The van der Waals surface area contributed by atoms with Crippen LogP contribution in [0, 0.1) is 0 Å². The van der Waals surface area contributed by atoms with Gasteiger partial charge in [-0.3, -0.25) is 14.1 Å². The maximum atomic E-state index is 13.1. The molecule has 0 fully saturated rings. The van der Waals surface area contributed by atoms with E-state index in [9.17, 15) is 18.0 Å². The van der Waals surface area contributed by atoms with Crippen molar-refractivity contribution < 1.29 is 18.0 Å². The van der Waals surface area contributed by atoms with Gasteiger partial charge in [-0.1, -0.05) is 48.9 Å². The van der Waals surface area contributed by atoms with Gasteiger partial charge >= 0.3 is 6.18 Å². The molecule has 192 valence electrons. The number of amides is 1. The number of hydrogen-bond donors (Lipinski definition) is 1. The molecule has 9 heteroatoms. The number of alkyl halides is 3. The van der Waals surface area contributed by atoms with E-state index in [-0.39, 0.29) is 11.9 Å². The summed E-state index contributed by atoms with van der Waals surface area (Å²) >= 11 is 6.14. The summed E-state index contributed by atoms with van der Waals surface area (Å²) in [5.74, 6) is -0.218. The summed E-state index contributed by atoms with van der Waals surface area (Å²) in [6, 6.07) is 15.0. The quantitative estimate of drug-likeness (QED) is 0.309. The van der Waals surface area contributed by atoms with Crippen molar-refractivity contribution in [2.75, 3.05) is 0 Å². The van der Waals surface area contributed by atoms with Crippen LogP contribution >= 0.6 is 11.6 Å². The van der Waals surface area contributed by atoms with Gasteiger partial charge in [-0.25, -0.2) is 4.98 Å². The summed E-state index contributed by atoms with van der Waals surface area (Å²) in [6.45, 7) is 5.72. The second-order valence-corrected chi connectivity index (χ2v) is 9.76. The number of carbonyl (C=O) groups is 1. The van der Waals surface area contributed by atoms with Crippen LogP contribution in [0.2, 0.25) is 5.02 Å². The number of nitrogens with zero attached hydrogens (tertiary/aromatic N) is 3. The maximum Gasteiger partial charge on any atom is 0.416 e. The summed E-state index contributed by atoms with van der Waals surface area (Å²) in [4.78, 5) is 19.9. The van der Waals surface area contributed by atoms with Crippen molar-refractivity contribution in [3.63, 3.8) is 0 Å². The molecule has 1 N–H and O–H groups in total. The van der Waals surface area contributed by atoms with Crippen molar-refractivity contribution in [3.05, 3.63) is 105 Å². The summed E-state index contributed by atoms with van der Waals surface area (Å²) in [5, 5.41) is 3.53. The fourth-order valence-electron chi connectivity index (χ4n) is 4.84. The molecule has 0 radical (unpaired) electrons. The number of aromatic nitrogens is 2. The first-order chi connectivity index (χ1) is 17.6. The molecule has 0 aliphatic carbocycles. The van der Waals surface area contributed by atoms with Crippen molar-refractivity contribution in [1.82, 2.24) is 19.6 Å². The Balaban J connectivity index is 1.26. The largest absolute Gasteiger partial charge is 0.416 e. The summed E-state index contributed by atoms with van der Waals surface area (Å²) < 4.78 is 40.4. The molecule has 1 amide bonds. The third-order valence-electron chi connectivity index (χ3n) is 6.94. The Bertz CT molecular complexity index is 1460. The van der Waals surface area contributed by atoms with Gasteiger partial charge in [0.05, 0.1) is 16.3 Å². The highest BCUT2D eigenvalue weighted by molar-refractivity contribution is 6.30. The van der Waals surface area contributed by atoms with Crippen molar-refractivity contribution in [2.45, 2.75) is 52.1 Å². The van der Waals surface area contributed by atoms with E-state index in [1.165, 1.54) is 5.56 Å². The lowest BCUT2D eigenvalue weighted by atomic mass is 10.0. The average Bonchev–Trinajstić information content (AvgIpc) is 3.47. The van der Waals surface area contributed by atoms with E-state index in [0.717, 1.165) is 28.8 Å². The molecular formula is C28H26ClF3N4O. The molecule has 37 heavy (non-hydrogen) atoms. The van der Waals surface area contributed by atoms with Crippen LogP contribution in [-0.4, -0.2) is 20.2 Å². The zero-order valence-corrected chi connectivity index (χ0v) is 21.2. The smallest absolute Gasteiger partial charge is 0.347 e. The second-order valence-electron chi connectivity index (χ2n) is 9.32. The Kier molecular flexibility index (Phi) is 6.72. The Morgan fingerprint density at radius 1 is 1.08 bits per heavy atom. The van der Waals surface area contributed by atoms with Gasteiger partial charge in [0.15, 0.2) is 0 Å². The highest BCUT2D eigenvalue weighted by Crippen LogP contribution is 2.34. The zero-order valence-electron chi connectivity index (χ0n) is 20.4. The fraction of sp³-hybridized carbons (Fsp3) is 0.286. The van der Waals surface area contributed by atoms with E-state index < -0.39 is 11.7 Å². The van der Waals surface area contributed by atoms with Crippen LogP contribution in [0.1, 0.15) is 63.9 Å². The molecule has 4 aromatic rings. The van der Waals surface area contributed by atoms with E-state index in [1.54, 1.807) is 34.9 Å². The second kappa shape index (κ2) is 9.84. The molecule has 5 nitrogen and oxygen atoms in total. The lowest BCUT2D eigenvalue weighted by Crippen LogP contribution is -2.25. The van der Waals surface area contributed by atoms with Gasteiger partial charge in [0.1, 0.15) is 11.3 Å². The van der Waals surface area contributed by atoms with Crippen LogP contribution in [0.25, 0.3) is 5.65 Å². The van der Waals surface area contributed by atoms with Crippen LogP contribution in [0.5, 0.6) is 0 Å². The van der Waals surface area contributed by atoms with Crippen LogP contribution in [0.15, 0.2) is 60.8 Å². The number of imidazole rings is 1. The van der Waals surface area contributed by atoms with Gasteiger partial charge in [0.25, 0.3) is 5.91 Å². The number of hydrogen-bond acceptors (Lipinski definition) is 3. The summed E-state index contributed by atoms with van der Waals surface area (Å²) in [5.41, 5.74) is 5.37. The number of nitrogens with one attached hydrogen (secondary N) is 1. The third kappa shape index (κ3) is 5.08. The Morgan fingerprint density at radius 2 is 1.81 bits per heavy atom. The molecule has 0 saturated carbocycles. The van der Waals surface area contributed by atoms with Crippen molar-refractivity contribution in [1.29, 1.82) is 0 Å². The third-order valence-corrected chi connectivity index (χ3v) is 7.17. The lowest BCUT2D eigenvalue weighted by molar-refractivity contribution is -0.137. The number of carbonyl (C=O) groups excluding carboxylic acids is 1. The van der Waals surface area contributed by atoms with Crippen molar-refractivity contribution in [3.8, 4) is 0 Å². The number of benzene rings is 2. The lowest BCUT2D eigenvalue weighted by Gasteiger charge is -2.24. The number of halogens is 4. The SMILES string of the molecule is CCc1nc2ccc(Cl)cn2c1C(=O)NCc1ccc2c(c1)CN(C(C)c1ccc(C(F)(F)F)cc1)C2. The van der Waals surface area contributed by atoms with Crippen molar-refractivity contribution in [2.24, 2.45) is 0 Å². The molecule has 1 aliphatic heterocycles. The van der Waals surface area contributed by atoms with Gasteiger partial charge in [-0.15, -0.1) is 0 Å². The Labute approximate surface area is 217 Å². The van der Waals surface area contributed by atoms with E-state index in [1.807, 2.05) is 19.9 Å². The monoisotopic (exact) mass is 526 g/mol. The highest BCUT2D eigenvalue weighted by Gasteiger charge is 2.31. The number of fused-ring (bicyclic) bond motifs is 2. The van der Waals surface area contributed by atoms with E-state index >= 15 is 0 Å². The molecule has 1 atom stereocenters. The van der Waals surface area contributed by atoms with Crippen LogP contribution < -0.4 is 5.32 Å². The molecular weight excluding hydrogens is 501 g/mol. The molecule has 0 bridgehead atoms. The number of pyridine rings is 1. The normalized spacial score (nSPS) is 14.6. The number of aryl methyl sites for hydroxylation is 1. The average molecular weight is 527 g/mol. The Morgan fingerprint density at radius 3 is 2.51 bits per heavy atom. The standard InChI is InChI=1S/C28H26ClF3N4O/c1-3-24-26(36-16-23(29)10-11-25(36)34-24)27(37)33-13-18-4-5-20-14-35(15-21(20)12-18)17(2)19-6-8-22(9-7-19)28(30,31)32/h4-12,16-17H,3,13-15H2,1-2H3,(H,33,37). The summed E-state index contributed by atoms with van der Waals surface area (Å²) in [7, 11) is 0. The molecule has 3 heterocycles. The zero-order chi connectivity index (χ0) is 26.3.